The lowest BCUT2D eigenvalue weighted by atomic mass is 9.63. The molecule has 0 aromatic rings. The number of allylic oxidation sites excluding steroid dienone is 10. The fourth-order valence-corrected chi connectivity index (χ4v) is 10.3. The standard InChI is InChI=1S/C43H59N3/c1-3-11-37-30(4-2)12-8-19-42(37)46-43-27-33(31-13-7-14-32(26-31)34-15-9-24-44-28-34)20-21-41(43)40-23-22-36(35-16-10-25-45-29-35)38-17-5-6-18-39(38)40/h4,7,9,12,14-15,20-21,24,29,31-32,36-38,42-46H,2-3,5-6,8,10-11,13,16-19,22-23,25-28H2,1H3/t31-,32?,36?,37?,38?,42?,43?/m1/s1. The predicted molar refractivity (Wildman–Crippen MR) is 195 cm³/mol. The Morgan fingerprint density at radius 2 is 1.91 bits per heavy atom. The number of rotatable bonds is 9. The Bertz CT molecular complexity index is 1380. The molecule has 3 heteroatoms. The van der Waals surface area contributed by atoms with E-state index in [4.69, 9.17) is 0 Å². The van der Waals surface area contributed by atoms with Crippen molar-refractivity contribution in [1.82, 2.24) is 16.0 Å². The predicted octanol–water partition coefficient (Wildman–Crippen LogP) is 9.68. The summed E-state index contributed by atoms with van der Waals surface area (Å²) in [6.45, 7) is 8.73. The van der Waals surface area contributed by atoms with Crippen LogP contribution < -0.4 is 16.0 Å². The second-order valence-electron chi connectivity index (χ2n) is 15.2. The van der Waals surface area contributed by atoms with Crippen molar-refractivity contribution >= 4 is 0 Å². The molecular weight excluding hydrogens is 558 g/mol. The zero-order valence-electron chi connectivity index (χ0n) is 28.5. The summed E-state index contributed by atoms with van der Waals surface area (Å²) >= 11 is 0. The molecule has 0 bridgehead atoms. The molecule has 7 aliphatic rings. The number of dihydropyridines is 1. The smallest absolute Gasteiger partial charge is 0.0363 e. The molecule has 7 rings (SSSR count). The molecule has 0 saturated heterocycles. The first-order valence-electron chi connectivity index (χ1n) is 19.1. The molecule has 246 valence electrons. The van der Waals surface area contributed by atoms with E-state index in [0.29, 0.717) is 29.8 Å². The molecule has 1 saturated carbocycles. The third kappa shape index (κ3) is 6.77. The molecular formula is C43H59N3. The molecule has 3 nitrogen and oxygen atoms in total. The largest absolute Gasteiger partial charge is 0.391 e. The van der Waals surface area contributed by atoms with Crippen LogP contribution in [0.1, 0.15) is 103 Å². The van der Waals surface area contributed by atoms with Crippen LogP contribution in [0.4, 0.5) is 0 Å². The lowest BCUT2D eigenvalue weighted by Gasteiger charge is -2.44. The van der Waals surface area contributed by atoms with Gasteiger partial charge in [0, 0.05) is 31.1 Å². The minimum absolute atomic E-state index is 0.411. The normalized spacial score (nSPS) is 34.6. The van der Waals surface area contributed by atoms with Crippen LogP contribution in [-0.4, -0.2) is 25.2 Å². The van der Waals surface area contributed by atoms with Crippen LogP contribution in [0.5, 0.6) is 0 Å². The van der Waals surface area contributed by atoms with E-state index < -0.39 is 0 Å². The third-order valence-corrected chi connectivity index (χ3v) is 12.6. The van der Waals surface area contributed by atoms with E-state index in [1.54, 1.807) is 22.3 Å². The molecule has 3 N–H and O–H groups in total. The molecule has 0 amide bonds. The van der Waals surface area contributed by atoms with Crippen LogP contribution in [0.3, 0.4) is 0 Å². The number of hydrogen-bond donors (Lipinski definition) is 3. The Kier molecular flexibility index (Phi) is 10.4. The van der Waals surface area contributed by atoms with E-state index >= 15 is 0 Å². The van der Waals surface area contributed by atoms with Gasteiger partial charge in [-0.25, -0.2) is 0 Å². The minimum atomic E-state index is 0.411. The van der Waals surface area contributed by atoms with Gasteiger partial charge in [0.2, 0.25) is 0 Å². The van der Waals surface area contributed by atoms with Crippen molar-refractivity contribution in [3.8, 4) is 0 Å². The van der Waals surface area contributed by atoms with E-state index in [-0.39, 0.29) is 0 Å². The first-order valence-corrected chi connectivity index (χ1v) is 19.1. The monoisotopic (exact) mass is 617 g/mol. The Balaban J connectivity index is 1.20. The van der Waals surface area contributed by atoms with Gasteiger partial charge < -0.3 is 16.0 Å². The maximum absolute atomic E-state index is 4.42. The van der Waals surface area contributed by atoms with Gasteiger partial charge in [-0.15, -0.1) is 0 Å². The summed E-state index contributed by atoms with van der Waals surface area (Å²) in [4.78, 5) is 0. The Hall–Kier alpha value is -2.78. The van der Waals surface area contributed by atoms with Crippen molar-refractivity contribution in [3.05, 3.63) is 107 Å². The third-order valence-electron chi connectivity index (χ3n) is 12.6. The fourth-order valence-electron chi connectivity index (χ4n) is 10.3. The molecule has 1 fully saturated rings. The minimum Gasteiger partial charge on any atom is -0.391 e. The van der Waals surface area contributed by atoms with E-state index in [1.165, 1.54) is 101 Å². The Labute approximate surface area is 279 Å². The van der Waals surface area contributed by atoms with Crippen molar-refractivity contribution in [2.75, 3.05) is 13.1 Å². The molecule has 0 spiro atoms. The van der Waals surface area contributed by atoms with Crippen LogP contribution >= 0.6 is 0 Å². The van der Waals surface area contributed by atoms with Gasteiger partial charge in [0.05, 0.1) is 0 Å². The highest BCUT2D eigenvalue weighted by Gasteiger charge is 2.39. The second kappa shape index (κ2) is 15.0. The highest BCUT2D eigenvalue weighted by atomic mass is 15.0. The van der Waals surface area contributed by atoms with E-state index in [1.807, 2.05) is 5.57 Å². The van der Waals surface area contributed by atoms with Gasteiger partial charge in [0.25, 0.3) is 0 Å². The van der Waals surface area contributed by atoms with Crippen molar-refractivity contribution in [3.63, 3.8) is 0 Å². The SMILES string of the molecule is C=CC1=CCCC(NC2CC([C@@H]3CC=CC(C4=CC=CNC4)C3)=CC=C2C2=C3CCCCC3C(C3=CNCCC3)CC2)C1CCC. The van der Waals surface area contributed by atoms with Gasteiger partial charge in [0.15, 0.2) is 0 Å². The molecule has 6 unspecified atom stereocenters. The van der Waals surface area contributed by atoms with Crippen LogP contribution in [0.15, 0.2) is 107 Å². The highest BCUT2D eigenvalue weighted by Crippen LogP contribution is 2.50. The summed E-state index contributed by atoms with van der Waals surface area (Å²) in [5.74, 6) is 3.27. The topological polar surface area (TPSA) is 36.1 Å². The summed E-state index contributed by atoms with van der Waals surface area (Å²) in [5.41, 5.74) is 11.7. The highest BCUT2D eigenvalue weighted by molar-refractivity contribution is 5.48. The summed E-state index contributed by atoms with van der Waals surface area (Å²) < 4.78 is 0. The first-order chi connectivity index (χ1) is 22.7. The average Bonchev–Trinajstić information content (AvgIpc) is 3.13. The van der Waals surface area contributed by atoms with Crippen molar-refractivity contribution < 1.29 is 0 Å². The number of hydrogen-bond acceptors (Lipinski definition) is 3. The van der Waals surface area contributed by atoms with E-state index in [0.717, 1.165) is 31.3 Å². The van der Waals surface area contributed by atoms with Gasteiger partial charge in [0.1, 0.15) is 0 Å². The van der Waals surface area contributed by atoms with Crippen LogP contribution in [-0.2, 0) is 0 Å². The van der Waals surface area contributed by atoms with E-state index in [9.17, 15) is 0 Å². The molecule has 0 aromatic carbocycles. The van der Waals surface area contributed by atoms with Crippen molar-refractivity contribution in [1.29, 1.82) is 0 Å². The molecule has 7 atom stereocenters. The number of nitrogens with one attached hydrogen (secondary N) is 3. The summed E-state index contributed by atoms with van der Waals surface area (Å²) in [6, 6.07) is 0.936. The van der Waals surface area contributed by atoms with Gasteiger partial charge in [-0.05, 0) is 148 Å². The fraction of sp³-hybridized carbons (Fsp3) is 0.581. The molecule has 2 aliphatic heterocycles. The van der Waals surface area contributed by atoms with Crippen molar-refractivity contribution in [2.24, 2.45) is 29.6 Å². The van der Waals surface area contributed by atoms with E-state index in [2.05, 4.69) is 90.5 Å². The summed E-state index contributed by atoms with van der Waals surface area (Å²) in [5, 5.41) is 11.5. The van der Waals surface area contributed by atoms with Gasteiger partial charge in [-0.2, -0.15) is 0 Å². The Morgan fingerprint density at radius 3 is 2.74 bits per heavy atom. The Morgan fingerprint density at radius 1 is 0.957 bits per heavy atom. The van der Waals surface area contributed by atoms with Gasteiger partial charge >= 0.3 is 0 Å². The zero-order chi connectivity index (χ0) is 31.3. The molecule has 46 heavy (non-hydrogen) atoms. The average molecular weight is 618 g/mol. The molecule has 5 aliphatic carbocycles. The second-order valence-corrected chi connectivity index (χ2v) is 15.2. The summed E-state index contributed by atoms with van der Waals surface area (Å²) in [7, 11) is 0. The van der Waals surface area contributed by atoms with Gasteiger partial charge in [-0.3, -0.25) is 0 Å². The van der Waals surface area contributed by atoms with Crippen molar-refractivity contribution in [2.45, 2.75) is 115 Å². The molecule has 0 radical (unpaired) electrons. The molecule has 0 aromatic heterocycles. The van der Waals surface area contributed by atoms with Gasteiger partial charge in [-0.1, -0.05) is 85.6 Å². The van der Waals surface area contributed by atoms with Crippen LogP contribution in [0, 0.1) is 29.6 Å². The van der Waals surface area contributed by atoms with Crippen LogP contribution in [0.25, 0.3) is 0 Å². The zero-order valence-corrected chi connectivity index (χ0v) is 28.5. The number of fused-ring (bicyclic) bond motifs is 1. The first kappa shape index (κ1) is 31.8. The molecule has 2 heterocycles. The quantitative estimate of drug-likeness (QED) is 0.226. The lowest BCUT2D eigenvalue weighted by Crippen LogP contribution is -2.47. The lowest BCUT2D eigenvalue weighted by molar-refractivity contribution is 0.296. The van der Waals surface area contributed by atoms with Crippen LogP contribution in [0.2, 0.25) is 0 Å². The maximum atomic E-state index is 4.42. The maximum Gasteiger partial charge on any atom is 0.0363 e. The summed E-state index contributed by atoms with van der Waals surface area (Å²) in [6.07, 6.45) is 42.9.